The summed E-state index contributed by atoms with van der Waals surface area (Å²) >= 11 is 0. The molecule has 0 aliphatic heterocycles. The fourth-order valence-corrected chi connectivity index (χ4v) is 2.56. The Labute approximate surface area is 163 Å². The zero-order chi connectivity index (χ0) is 21.3. The Bertz CT molecular complexity index is 708. The predicted molar refractivity (Wildman–Crippen MR) is 99.2 cm³/mol. The van der Waals surface area contributed by atoms with Crippen LogP contribution in [0.1, 0.15) is 32.8 Å². The van der Waals surface area contributed by atoms with Crippen LogP contribution in [0.25, 0.3) is 0 Å². The molecule has 0 fully saturated rings. The van der Waals surface area contributed by atoms with Gasteiger partial charge in [0, 0.05) is 13.3 Å². The molecule has 1 aromatic carbocycles. The number of rotatable bonds is 10. The van der Waals surface area contributed by atoms with Gasteiger partial charge in [0.05, 0.1) is 12.5 Å². The standard InChI is InChI=1S/C19H26FN3O5/c1-4-28-19(27)11(2)9-15(17(21)25)23-18(26)16(22-12(3)24)10-13-5-7-14(20)8-6-13/h5-8,11,15-16H,4,9-10H2,1-3H3,(H2,21,25)(H,22,24)(H,23,26)/t11-,15+,16+/m0/s1. The highest BCUT2D eigenvalue weighted by molar-refractivity contribution is 5.91. The Balaban J connectivity index is 2.86. The second-order valence-corrected chi connectivity index (χ2v) is 6.44. The lowest BCUT2D eigenvalue weighted by molar-refractivity contribution is -0.148. The first-order chi connectivity index (χ1) is 13.1. The number of amides is 3. The van der Waals surface area contributed by atoms with Crippen LogP contribution in [0, 0.1) is 11.7 Å². The van der Waals surface area contributed by atoms with Crippen LogP contribution in [-0.2, 0) is 30.3 Å². The summed E-state index contributed by atoms with van der Waals surface area (Å²) in [5.74, 6) is -3.49. The number of nitrogens with one attached hydrogen (secondary N) is 2. The molecule has 0 aliphatic carbocycles. The highest BCUT2D eigenvalue weighted by Gasteiger charge is 2.28. The highest BCUT2D eigenvalue weighted by atomic mass is 19.1. The highest BCUT2D eigenvalue weighted by Crippen LogP contribution is 2.10. The molecule has 9 heteroatoms. The summed E-state index contributed by atoms with van der Waals surface area (Å²) in [6.07, 6.45) is 0.0495. The van der Waals surface area contributed by atoms with E-state index in [0.717, 1.165) is 0 Å². The molecule has 4 N–H and O–H groups in total. The maximum atomic E-state index is 13.1. The van der Waals surface area contributed by atoms with Crippen molar-refractivity contribution in [2.24, 2.45) is 11.7 Å². The lowest BCUT2D eigenvalue weighted by Crippen LogP contribution is -2.54. The van der Waals surface area contributed by atoms with Crippen LogP contribution < -0.4 is 16.4 Å². The monoisotopic (exact) mass is 395 g/mol. The van der Waals surface area contributed by atoms with Crippen molar-refractivity contribution in [3.63, 3.8) is 0 Å². The number of halogens is 1. The van der Waals surface area contributed by atoms with Gasteiger partial charge in [-0.15, -0.1) is 0 Å². The Morgan fingerprint density at radius 2 is 1.71 bits per heavy atom. The van der Waals surface area contributed by atoms with Crippen molar-refractivity contribution in [3.05, 3.63) is 35.6 Å². The van der Waals surface area contributed by atoms with E-state index in [4.69, 9.17) is 10.5 Å². The van der Waals surface area contributed by atoms with E-state index < -0.39 is 47.5 Å². The van der Waals surface area contributed by atoms with Gasteiger partial charge in [-0.3, -0.25) is 19.2 Å². The van der Waals surface area contributed by atoms with E-state index in [1.54, 1.807) is 13.8 Å². The third-order valence-corrected chi connectivity index (χ3v) is 3.99. The molecule has 0 unspecified atom stereocenters. The molecule has 3 amide bonds. The Morgan fingerprint density at radius 3 is 2.21 bits per heavy atom. The third kappa shape index (κ3) is 7.73. The topological polar surface area (TPSA) is 128 Å². The maximum Gasteiger partial charge on any atom is 0.308 e. The van der Waals surface area contributed by atoms with Crippen LogP contribution in [0.4, 0.5) is 4.39 Å². The summed E-state index contributed by atoms with van der Waals surface area (Å²) in [6.45, 7) is 4.66. The fourth-order valence-electron chi connectivity index (χ4n) is 2.56. The second kappa shape index (κ2) is 11.0. The summed E-state index contributed by atoms with van der Waals surface area (Å²) in [5, 5.41) is 4.97. The lowest BCUT2D eigenvalue weighted by atomic mass is 10.00. The van der Waals surface area contributed by atoms with E-state index in [1.165, 1.54) is 31.2 Å². The molecule has 1 rings (SSSR count). The van der Waals surface area contributed by atoms with E-state index >= 15 is 0 Å². The van der Waals surface area contributed by atoms with Crippen molar-refractivity contribution in [3.8, 4) is 0 Å². The summed E-state index contributed by atoms with van der Waals surface area (Å²) in [7, 11) is 0. The van der Waals surface area contributed by atoms with Gasteiger partial charge in [-0.1, -0.05) is 19.1 Å². The molecule has 0 spiro atoms. The third-order valence-electron chi connectivity index (χ3n) is 3.99. The van der Waals surface area contributed by atoms with Crippen LogP contribution >= 0.6 is 0 Å². The number of nitrogens with two attached hydrogens (primary N) is 1. The van der Waals surface area contributed by atoms with Crippen molar-refractivity contribution >= 4 is 23.7 Å². The number of esters is 1. The molecular weight excluding hydrogens is 369 g/mol. The average Bonchev–Trinajstić information content (AvgIpc) is 2.61. The van der Waals surface area contributed by atoms with Gasteiger partial charge in [0.25, 0.3) is 0 Å². The Hall–Kier alpha value is -2.97. The summed E-state index contributed by atoms with van der Waals surface area (Å²) in [5.41, 5.74) is 5.96. The van der Waals surface area contributed by atoms with E-state index in [0.29, 0.717) is 5.56 Å². The van der Waals surface area contributed by atoms with E-state index in [9.17, 15) is 23.6 Å². The molecule has 0 saturated carbocycles. The van der Waals surface area contributed by atoms with Crippen molar-refractivity contribution in [1.82, 2.24) is 10.6 Å². The lowest BCUT2D eigenvalue weighted by Gasteiger charge is -2.23. The quantitative estimate of drug-likeness (QED) is 0.495. The molecule has 0 aliphatic rings. The molecule has 28 heavy (non-hydrogen) atoms. The smallest absolute Gasteiger partial charge is 0.308 e. The molecule has 8 nitrogen and oxygen atoms in total. The first-order valence-electron chi connectivity index (χ1n) is 8.91. The molecular formula is C19H26FN3O5. The number of hydrogen-bond acceptors (Lipinski definition) is 5. The molecule has 154 valence electrons. The molecule has 0 heterocycles. The summed E-state index contributed by atoms with van der Waals surface area (Å²) in [4.78, 5) is 47.6. The van der Waals surface area contributed by atoms with Gasteiger partial charge in [-0.2, -0.15) is 0 Å². The second-order valence-electron chi connectivity index (χ2n) is 6.44. The van der Waals surface area contributed by atoms with Gasteiger partial charge < -0.3 is 21.1 Å². The van der Waals surface area contributed by atoms with Gasteiger partial charge in [-0.05, 0) is 31.0 Å². The Kier molecular flexibility index (Phi) is 9.07. The minimum absolute atomic E-state index is 0.0384. The van der Waals surface area contributed by atoms with E-state index in [2.05, 4.69) is 10.6 Å². The van der Waals surface area contributed by atoms with Crippen LogP contribution in [0.15, 0.2) is 24.3 Å². The molecule has 1 aromatic rings. The van der Waals surface area contributed by atoms with Gasteiger partial charge in [0.1, 0.15) is 17.9 Å². The van der Waals surface area contributed by atoms with Gasteiger partial charge in [0.15, 0.2) is 0 Å². The summed E-state index contributed by atoms with van der Waals surface area (Å²) in [6, 6.07) is 3.35. The van der Waals surface area contributed by atoms with Crippen LogP contribution in [0.2, 0.25) is 0 Å². The predicted octanol–water partition coefficient (Wildman–Crippen LogP) is 0.432. The number of ether oxygens (including phenoxy) is 1. The molecule has 0 radical (unpaired) electrons. The number of hydrogen-bond donors (Lipinski definition) is 3. The van der Waals surface area contributed by atoms with Crippen LogP contribution in [0.5, 0.6) is 0 Å². The van der Waals surface area contributed by atoms with Crippen molar-refractivity contribution in [2.75, 3.05) is 6.61 Å². The van der Waals surface area contributed by atoms with Crippen molar-refractivity contribution in [1.29, 1.82) is 0 Å². The Morgan fingerprint density at radius 1 is 1.11 bits per heavy atom. The number of benzene rings is 1. The minimum atomic E-state index is -1.11. The van der Waals surface area contributed by atoms with Gasteiger partial charge >= 0.3 is 5.97 Å². The van der Waals surface area contributed by atoms with Crippen LogP contribution in [-0.4, -0.2) is 42.4 Å². The average molecular weight is 395 g/mol. The first-order valence-corrected chi connectivity index (χ1v) is 8.91. The van der Waals surface area contributed by atoms with Crippen molar-refractivity contribution in [2.45, 2.75) is 45.7 Å². The number of primary amides is 1. The number of carbonyl (C=O) groups excluding carboxylic acids is 4. The molecule has 0 aromatic heterocycles. The SMILES string of the molecule is CCOC(=O)[C@@H](C)C[C@@H](NC(=O)[C@@H](Cc1ccc(F)cc1)NC(C)=O)C(N)=O. The zero-order valence-electron chi connectivity index (χ0n) is 16.2. The summed E-state index contributed by atoms with van der Waals surface area (Å²) < 4.78 is 17.9. The van der Waals surface area contributed by atoms with E-state index in [1.807, 2.05) is 0 Å². The number of carbonyl (C=O) groups is 4. The molecule has 0 bridgehead atoms. The minimum Gasteiger partial charge on any atom is -0.466 e. The molecule has 0 saturated heterocycles. The first kappa shape index (κ1) is 23.1. The molecule has 3 atom stereocenters. The largest absolute Gasteiger partial charge is 0.466 e. The zero-order valence-corrected chi connectivity index (χ0v) is 16.2. The maximum absolute atomic E-state index is 13.1. The van der Waals surface area contributed by atoms with Crippen molar-refractivity contribution < 1.29 is 28.3 Å². The van der Waals surface area contributed by atoms with Gasteiger partial charge in [-0.25, -0.2) is 4.39 Å². The van der Waals surface area contributed by atoms with Gasteiger partial charge in [0.2, 0.25) is 17.7 Å². The van der Waals surface area contributed by atoms with E-state index in [-0.39, 0.29) is 19.4 Å². The normalized spacial score (nSPS) is 13.7. The van der Waals surface area contributed by atoms with Crippen LogP contribution in [0.3, 0.4) is 0 Å². The fraction of sp³-hybridized carbons (Fsp3) is 0.474.